The van der Waals surface area contributed by atoms with Gasteiger partial charge in [-0.25, -0.2) is 0 Å². The lowest BCUT2D eigenvalue weighted by Gasteiger charge is -2.21. The van der Waals surface area contributed by atoms with E-state index < -0.39 is 0 Å². The highest BCUT2D eigenvalue weighted by Crippen LogP contribution is 2.26. The van der Waals surface area contributed by atoms with Crippen molar-refractivity contribution in [3.8, 4) is 0 Å². The lowest BCUT2D eigenvalue weighted by atomic mass is 10.1. The van der Waals surface area contributed by atoms with E-state index in [1.54, 1.807) is 12.1 Å². The number of hydrogen-bond acceptors (Lipinski definition) is 2. The number of carbonyl (C=O) groups excluding carboxylic acids is 1. The van der Waals surface area contributed by atoms with Crippen molar-refractivity contribution in [2.24, 2.45) is 0 Å². The summed E-state index contributed by atoms with van der Waals surface area (Å²) in [7, 11) is 0. The van der Waals surface area contributed by atoms with Crippen molar-refractivity contribution in [2.45, 2.75) is 32.5 Å². The molecular weight excluding hydrogens is 331 g/mol. The lowest BCUT2D eigenvalue weighted by molar-refractivity contribution is -0.123. The molecule has 0 heterocycles. The zero-order valence-electron chi connectivity index (χ0n) is 13.1. The molecule has 0 saturated heterocycles. The second-order valence-electron chi connectivity index (χ2n) is 5.48. The molecule has 0 aliphatic carbocycles. The standard InChI is InChI=1S/C18H20Cl2N2O/c1-12(16-9-8-15(19)10-17(16)20)22-13(2)18(23)21-11-14-6-4-3-5-7-14/h3-10,12-13,22H,11H2,1-2H3,(H,21,23). The van der Waals surface area contributed by atoms with Crippen LogP contribution in [0, 0.1) is 0 Å². The van der Waals surface area contributed by atoms with Gasteiger partial charge in [0.05, 0.1) is 6.04 Å². The third kappa shape index (κ3) is 5.24. The molecule has 2 unspecified atom stereocenters. The smallest absolute Gasteiger partial charge is 0.237 e. The normalized spacial score (nSPS) is 13.4. The van der Waals surface area contributed by atoms with Crippen molar-refractivity contribution >= 4 is 29.1 Å². The van der Waals surface area contributed by atoms with Gasteiger partial charge < -0.3 is 5.32 Å². The van der Waals surface area contributed by atoms with Crippen LogP contribution in [0.5, 0.6) is 0 Å². The molecule has 23 heavy (non-hydrogen) atoms. The molecule has 122 valence electrons. The van der Waals surface area contributed by atoms with Crippen LogP contribution in [0.4, 0.5) is 0 Å². The number of carbonyl (C=O) groups is 1. The Morgan fingerprint density at radius 2 is 1.78 bits per heavy atom. The summed E-state index contributed by atoms with van der Waals surface area (Å²) in [6, 6.07) is 14.8. The molecule has 0 aliphatic heterocycles. The monoisotopic (exact) mass is 350 g/mol. The molecule has 0 spiro atoms. The Morgan fingerprint density at radius 3 is 2.43 bits per heavy atom. The molecule has 0 saturated carbocycles. The largest absolute Gasteiger partial charge is 0.351 e. The van der Waals surface area contributed by atoms with E-state index >= 15 is 0 Å². The van der Waals surface area contributed by atoms with Gasteiger partial charge in [0, 0.05) is 22.6 Å². The van der Waals surface area contributed by atoms with Gasteiger partial charge in [-0.05, 0) is 37.1 Å². The van der Waals surface area contributed by atoms with E-state index in [1.807, 2.05) is 50.2 Å². The van der Waals surface area contributed by atoms with Crippen molar-refractivity contribution in [2.75, 3.05) is 0 Å². The Bertz CT molecular complexity index is 661. The van der Waals surface area contributed by atoms with Gasteiger partial charge in [-0.15, -0.1) is 0 Å². The maximum absolute atomic E-state index is 12.2. The molecule has 0 fully saturated rings. The van der Waals surface area contributed by atoms with Gasteiger partial charge in [0.15, 0.2) is 0 Å². The average Bonchev–Trinajstić information content (AvgIpc) is 2.53. The first-order chi connectivity index (χ1) is 11.0. The van der Waals surface area contributed by atoms with E-state index in [2.05, 4.69) is 10.6 Å². The minimum atomic E-state index is -0.333. The molecule has 2 N–H and O–H groups in total. The average molecular weight is 351 g/mol. The highest BCUT2D eigenvalue weighted by molar-refractivity contribution is 6.35. The van der Waals surface area contributed by atoms with Crippen molar-refractivity contribution < 1.29 is 4.79 Å². The fraction of sp³-hybridized carbons (Fsp3) is 0.278. The van der Waals surface area contributed by atoms with Crippen molar-refractivity contribution in [3.63, 3.8) is 0 Å². The molecule has 0 aromatic heterocycles. The predicted octanol–water partition coefficient (Wildman–Crippen LogP) is 4.35. The molecule has 2 atom stereocenters. The fourth-order valence-corrected chi connectivity index (χ4v) is 2.90. The summed E-state index contributed by atoms with van der Waals surface area (Å²) >= 11 is 12.1. The van der Waals surface area contributed by atoms with Gasteiger partial charge in [0.25, 0.3) is 0 Å². The van der Waals surface area contributed by atoms with E-state index in [4.69, 9.17) is 23.2 Å². The predicted molar refractivity (Wildman–Crippen MR) is 95.8 cm³/mol. The van der Waals surface area contributed by atoms with Crippen LogP contribution in [-0.4, -0.2) is 11.9 Å². The third-order valence-corrected chi connectivity index (χ3v) is 4.19. The lowest BCUT2D eigenvalue weighted by Crippen LogP contribution is -2.42. The van der Waals surface area contributed by atoms with Gasteiger partial charge in [0.1, 0.15) is 0 Å². The van der Waals surface area contributed by atoms with Gasteiger partial charge in [-0.3, -0.25) is 10.1 Å². The fourth-order valence-electron chi connectivity index (χ4n) is 2.33. The second-order valence-corrected chi connectivity index (χ2v) is 6.32. The Balaban J connectivity index is 1.89. The molecule has 2 rings (SSSR count). The SMILES string of the molecule is CC(NC(C)c1ccc(Cl)cc1Cl)C(=O)NCc1ccccc1. The highest BCUT2D eigenvalue weighted by Gasteiger charge is 2.17. The van der Waals surface area contributed by atoms with Crippen LogP contribution in [0.25, 0.3) is 0 Å². The zero-order valence-corrected chi connectivity index (χ0v) is 14.7. The van der Waals surface area contributed by atoms with Crippen LogP contribution in [0.3, 0.4) is 0 Å². The molecule has 3 nitrogen and oxygen atoms in total. The van der Waals surface area contributed by atoms with Crippen LogP contribution < -0.4 is 10.6 Å². The van der Waals surface area contributed by atoms with E-state index in [0.29, 0.717) is 16.6 Å². The minimum absolute atomic E-state index is 0.0502. The molecule has 2 aromatic rings. The summed E-state index contributed by atoms with van der Waals surface area (Å²) in [6.45, 7) is 4.32. The van der Waals surface area contributed by atoms with Crippen LogP contribution in [-0.2, 0) is 11.3 Å². The second kappa shape index (κ2) is 8.34. The van der Waals surface area contributed by atoms with Gasteiger partial charge in [-0.2, -0.15) is 0 Å². The zero-order chi connectivity index (χ0) is 16.8. The molecule has 1 amide bonds. The van der Waals surface area contributed by atoms with Crippen molar-refractivity contribution in [1.82, 2.24) is 10.6 Å². The summed E-state index contributed by atoms with van der Waals surface area (Å²) in [4.78, 5) is 12.2. The quantitative estimate of drug-likeness (QED) is 0.812. The topological polar surface area (TPSA) is 41.1 Å². The number of nitrogens with one attached hydrogen (secondary N) is 2. The summed E-state index contributed by atoms with van der Waals surface area (Å²) in [6.07, 6.45) is 0. The molecule has 0 bridgehead atoms. The number of benzene rings is 2. The van der Waals surface area contributed by atoms with Gasteiger partial charge in [0.2, 0.25) is 5.91 Å². The van der Waals surface area contributed by atoms with E-state index in [9.17, 15) is 4.79 Å². The Labute approximate surface area is 147 Å². The van der Waals surface area contributed by atoms with Gasteiger partial charge in [-0.1, -0.05) is 59.6 Å². The van der Waals surface area contributed by atoms with E-state index in [-0.39, 0.29) is 18.0 Å². The number of halogens is 2. The minimum Gasteiger partial charge on any atom is -0.351 e. The summed E-state index contributed by atoms with van der Waals surface area (Å²) in [5.74, 6) is -0.0502. The first kappa shape index (κ1) is 17.8. The summed E-state index contributed by atoms with van der Waals surface area (Å²) in [5, 5.41) is 7.37. The maximum atomic E-state index is 12.2. The van der Waals surface area contributed by atoms with Crippen LogP contribution in [0.2, 0.25) is 10.0 Å². The Morgan fingerprint density at radius 1 is 1.09 bits per heavy atom. The van der Waals surface area contributed by atoms with E-state index in [0.717, 1.165) is 11.1 Å². The molecule has 0 radical (unpaired) electrons. The van der Waals surface area contributed by atoms with Crippen LogP contribution >= 0.6 is 23.2 Å². The van der Waals surface area contributed by atoms with Crippen LogP contribution in [0.15, 0.2) is 48.5 Å². The molecular formula is C18H20Cl2N2O. The Kier molecular flexibility index (Phi) is 6.46. The Hall–Kier alpha value is -1.55. The maximum Gasteiger partial charge on any atom is 0.237 e. The first-order valence-electron chi connectivity index (χ1n) is 7.50. The number of hydrogen-bond donors (Lipinski definition) is 2. The van der Waals surface area contributed by atoms with Gasteiger partial charge >= 0.3 is 0 Å². The molecule has 0 aliphatic rings. The number of amides is 1. The molecule has 5 heteroatoms. The van der Waals surface area contributed by atoms with Crippen molar-refractivity contribution in [3.05, 3.63) is 69.7 Å². The summed E-state index contributed by atoms with van der Waals surface area (Å²) in [5.41, 5.74) is 1.99. The van der Waals surface area contributed by atoms with E-state index in [1.165, 1.54) is 0 Å². The summed E-state index contributed by atoms with van der Waals surface area (Å²) < 4.78 is 0. The number of rotatable bonds is 6. The van der Waals surface area contributed by atoms with Crippen LogP contribution in [0.1, 0.15) is 31.0 Å². The highest BCUT2D eigenvalue weighted by atomic mass is 35.5. The first-order valence-corrected chi connectivity index (χ1v) is 8.25. The molecule has 2 aromatic carbocycles. The third-order valence-electron chi connectivity index (χ3n) is 3.63. The van der Waals surface area contributed by atoms with Crippen molar-refractivity contribution in [1.29, 1.82) is 0 Å².